The van der Waals surface area contributed by atoms with Gasteiger partial charge in [0.2, 0.25) is 0 Å². The Morgan fingerprint density at radius 2 is 2.26 bits per heavy atom. The second-order valence-electron chi connectivity index (χ2n) is 6.35. The fourth-order valence-electron chi connectivity index (χ4n) is 2.81. The molecule has 0 bridgehead atoms. The molecule has 1 aliphatic heterocycles. The SMILES string of the molecule is CC1CN(C(=O)Nc2ccc(-n3cccn3)nc2)CC(C)(C)O1. The highest BCUT2D eigenvalue weighted by atomic mass is 16.5. The van der Waals surface area contributed by atoms with E-state index in [0.29, 0.717) is 24.6 Å². The third-order valence-corrected chi connectivity index (χ3v) is 3.59. The Morgan fingerprint density at radius 3 is 2.87 bits per heavy atom. The topological polar surface area (TPSA) is 72.3 Å². The van der Waals surface area contributed by atoms with E-state index in [1.165, 1.54) is 0 Å². The van der Waals surface area contributed by atoms with Crippen molar-refractivity contribution < 1.29 is 9.53 Å². The van der Waals surface area contributed by atoms with Crippen molar-refractivity contribution in [2.75, 3.05) is 18.4 Å². The molecule has 1 N–H and O–H groups in total. The molecule has 1 atom stereocenters. The Morgan fingerprint density at radius 1 is 1.43 bits per heavy atom. The lowest BCUT2D eigenvalue weighted by Gasteiger charge is -2.41. The minimum absolute atomic E-state index is 0.0183. The molecule has 7 heteroatoms. The van der Waals surface area contributed by atoms with E-state index in [0.717, 1.165) is 0 Å². The van der Waals surface area contributed by atoms with Crippen molar-refractivity contribution in [3.8, 4) is 5.82 Å². The molecular weight excluding hydrogens is 294 g/mol. The van der Waals surface area contributed by atoms with Crippen molar-refractivity contribution in [2.45, 2.75) is 32.5 Å². The van der Waals surface area contributed by atoms with Crippen LogP contribution in [0.2, 0.25) is 0 Å². The molecule has 1 saturated heterocycles. The maximum atomic E-state index is 12.4. The Kier molecular flexibility index (Phi) is 4.04. The summed E-state index contributed by atoms with van der Waals surface area (Å²) in [5.41, 5.74) is 0.319. The van der Waals surface area contributed by atoms with E-state index < -0.39 is 0 Å². The van der Waals surface area contributed by atoms with E-state index in [9.17, 15) is 4.79 Å². The van der Waals surface area contributed by atoms with Gasteiger partial charge < -0.3 is 15.0 Å². The minimum Gasteiger partial charge on any atom is -0.369 e. The molecule has 1 aliphatic rings. The van der Waals surface area contributed by atoms with Crippen molar-refractivity contribution in [1.29, 1.82) is 0 Å². The van der Waals surface area contributed by atoms with Crippen LogP contribution < -0.4 is 5.32 Å². The number of carbonyl (C=O) groups excluding carboxylic acids is 1. The smallest absolute Gasteiger partial charge is 0.322 e. The van der Waals surface area contributed by atoms with Gasteiger partial charge in [0.1, 0.15) is 0 Å². The van der Waals surface area contributed by atoms with Crippen LogP contribution in [-0.2, 0) is 4.74 Å². The lowest BCUT2D eigenvalue weighted by molar-refractivity contribution is -0.116. The number of nitrogens with zero attached hydrogens (tertiary/aromatic N) is 4. The standard InChI is InChI=1S/C16H21N5O2/c1-12-10-20(11-16(2,3)23-12)15(22)19-13-5-6-14(17-9-13)21-8-4-7-18-21/h4-9,12H,10-11H2,1-3H3,(H,19,22). The third kappa shape index (κ3) is 3.68. The van der Waals surface area contributed by atoms with Crippen LogP contribution in [0.4, 0.5) is 10.5 Å². The Bertz CT molecular complexity index is 666. The number of ether oxygens (including phenoxy) is 1. The summed E-state index contributed by atoms with van der Waals surface area (Å²) in [5, 5.41) is 7.00. The zero-order valence-electron chi connectivity index (χ0n) is 13.6. The number of urea groups is 1. The predicted molar refractivity (Wildman–Crippen MR) is 86.6 cm³/mol. The van der Waals surface area contributed by atoms with Gasteiger partial charge in [0, 0.05) is 18.9 Å². The molecule has 3 heterocycles. The number of hydrogen-bond acceptors (Lipinski definition) is 4. The van der Waals surface area contributed by atoms with Crippen molar-refractivity contribution in [3.05, 3.63) is 36.8 Å². The van der Waals surface area contributed by atoms with Crippen LogP contribution in [-0.4, -0.2) is 50.5 Å². The maximum Gasteiger partial charge on any atom is 0.322 e. The first-order valence-corrected chi connectivity index (χ1v) is 7.63. The van der Waals surface area contributed by atoms with E-state index in [1.807, 2.05) is 45.2 Å². The number of hydrogen-bond donors (Lipinski definition) is 1. The van der Waals surface area contributed by atoms with E-state index in [1.54, 1.807) is 22.0 Å². The van der Waals surface area contributed by atoms with Crippen LogP contribution in [0.25, 0.3) is 5.82 Å². The average Bonchev–Trinajstić information content (AvgIpc) is 3.00. The maximum absolute atomic E-state index is 12.4. The zero-order chi connectivity index (χ0) is 16.4. The molecule has 0 aromatic carbocycles. The number of anilines is 1. The first-order chi connectivity index (χ1) is 10.9. The highest BCUT2D eigenvalue weighted by Gasteiger charge is 2.33. The molecule has 3 rings (SSSR count). The van der Waals surface area contributed by atoms with E-state index >= 15 is 0 Å². The second kappa shape index (κ2) is 6.00. The van der Waals surface area contributed by atoms with E-state index in [2.05, 4.69) is 15.4 Å². The Labute approximate surface area is 135 Å². The van der Waals surface area contributed by atoms with Crippen LogP contribution in [0, 0.1) is 0 Å². The summed E-state index contributed by atoms with van der Waals surface area (Å²) in [7, 11) is 0. The third-order valence-electron chi connectivity index (χ3n) is 3.59. The van der Waals surface area contributed by atoms with Gasteiger partial charge in [-0.3, -0.25) is 0 Å². The Hall–Kier alpha value is -2.41. The van der Waals surface area contributed by atoms with E-state index in [4.69, 9.17) is 4.74 Å². The molecule has 0 saturated carbocycles. The van der Waals surface area contributed by atoms with Crippen LogP contribution in [0.5, 0.6) is 0 Å². The molecule has 0 spiro atoms. The van der Waals surface area contributed by atoms with Gasteiger partial charge in [-0.05, 0) is 39.0 Å². The van der Waals surface area contributed by atoms with Gasteiger partial charge in [0.05, 0.1) is 30.1 Å². The second-order valence-corrected chi connectivity index (χ2v) is 6.35. The van der Waals surface area contributed by atoms with Gasteiger partial charge in [0.15, 0.2) is 5.82 Å². The summed E-state index contributed by atoms with van der Waals surface area (Å²) in [6.07, 6.45) is 5.16. The molecule has 122 valence electrons. The molecule has 2 aromatic heterocycles. The first kappa shape index (κ1) is 15.5. The van der Waals surface area contributed by atoms with Gasteiger partial charge in [-0.2, -0.15) is 5.10 Å². The van der Waals surface area contributed by atoms with Gasteiger partial charge in [-0.15, -0.1) is 0 Å². The highest BCUT2D eigenvalue weighted by Crippen LogP contribution is 2.21. The number of amides is 2. The van der Waals surface area contributed by atoms with E-state index in [-0.39, 0.29) is 17.7 Å². The summed E-state index contributed by atoms with van der Waals surface area (Å²) < 4.78 is 7.48. The largest absolute Gasteiger partial charge is 0.369 e. The molecular formula is C16H21N5O2. The fourth-order valence-corrected chi connectivity index (χ4v) is 2.81. The summed E-state index contributed by atoms with van der Waals surface area (Å²) in [6.45, 7) is 7.09. The normalized spacial score (nSPS) is 20.3. The minimum atomic E-state index is -0.336. The molecule has 23 heavy (non-hydrogen) atoms. The molecule has 2 amide bonds. The van der Waals surface area contributed by atoms with Gasteiger partial charge in [-0.25, -0.2) is 14.5 Å². The fraction of sp³-hybridized carbons (Fsp3) is 0.438. The Balaban J connectivity index is 1.66. The lowest BCUT2D eigenvalue weighted by atomic mass is 10.1. The van der Waals surface area contributed by atoms with Crippen LogP contribution >= 0.6 is 0 Å². The monoisotopic (exact) mass is 315 g/mol. The lowest BCUT2D eigenvalue weighted by Crippen LogP contribution is -2.54. The first-order valence-electron chi connectivity index (χ1n) is 7.63. The van der Waals surface area contributed by atoms with Crippen LogP contribution in [0.1, 0.15) is 20.8 Å². The summed E-state index contributed by atoms with van der Waals surface area (Å²) in [5.74, 6) is 0.703. The van der Waals surface area contributed by atoms with Crippen molar-refractivity contribution in [3.63, 3.8) is 0 Å². The number of aromatic nitrogens is 3. The van der Waals surface area contributed by atoms with Crippen LogP contribution in [0.3, 0.4) is 0 Å². The number of carbonyl (C=O) groups is 1. The van der Waals surface area contributed by atoms with Crippen molar-refractivity contribution >= 4 is 11.7 Å². The average molecular weight is 315 g/mol. The highest BCUT2D eigenvalue weighted by molar-refractivity contribution is 5.89. The van der Waals surface area contributed by atoms with Crippen molar-refractivity contribution in [1.82, 2.24) is 19.7 Å². The summed E-state index contributed by atoms with van der Waals surface area (Å²) in [6, 6.07) is 5.33. The molecule has 1 unspecified atom stereocenters. The number of rotatable bonds is 2. The number of pyridine rings is 1. The number of nitrogens with one attached hydrogen (secondary N) is 1. The quantitative estimate of drug-likeness (QED) is 0.923. The summed E-state index contributed by atoms with van der Waals surface area (Å²) >= 11 is 0. The molecule has 2 aromatic rings. The van der Waals surface area contributed by atoms with Gasteiger partial charge >= 0.3 is 6.03 Å². The van der Waals surface area contributed by atoms with Gasteiger partial charge in [-0.1, -0.05) is 0 Å². The molecule has 1 fully saturated rings. The van der Waals surface area contributed by atoms with Gasteiger partial charge in [0.25, 0.3) is 0 Å². The molecule has 0 aliphatic carbocycles. The van der Waals surface area contributed by atoms with Crippen molar-refractivity contribution in [2.24, 2.45) is 0 Å². The molecule has 0 radical (unpaired) electrons. The predicted octanol–water partition coefficient (Wildman–Crippen LogP) is 2.30. The zero-order valence-corrected chi connectivity index (χ0v) is 13.6. The van der Waals surface area contributed by atoms with Crippen LogP contribution in [0.15, 0.2) is 36.8 Å². The summed E-state index contributed by atoms with van der Waals surface area (Å²) in [4.78, 5) is 18.5. The number of morpholine rings is 1. The molecule has 7 nitrogen and oxygen atoms in total.